The molecular formula is C19H26ClNO2. The van der Waals surface area contributed by atoms with E-state index in [0.717, 1.165) is 43.4 Å². The first-order valence-electron chi connectivity index (χ1n) is 8.65. The fourth-order valence-electron chi connectivity index (χ4n) is 4.21. The summed E-state index contributed by atoms with van der Waals surface area (Å²) >= 11 is 6.12. The van der Waals surface area contributed by atoms with Gasteiger partial charge in [0.1, 0.15) is 5.75 Å². The molecule has 0 saturated heterocycles. The normalized spacial score (nSPS) is 30.4. The van der Waals surface area contributed by atoms with Gasteiger partial charge in [-0.15, -0.1) is 0 Å². The summed E-state index contributed by atoms with van der Waals surface area (Å²) < 4.78 is 5.93. The molecule has 3 atom stereocenters. The second-order valence-corrected chi connectivity index (χ2v) is 7.18. The molecule has 1 heterocycles. The predicted octanol–water partition coefficient (Wildman–Crippen LogP) is 4.02. The van der Waals surface area contributed by atoms with Crippen LogP contribution >= 0.6 is 11.6 Å². The van der Waals surface area contributed by atoms with Crippen molar-refractivity contribution in [1.29, 1.82) is 0 Å². The molecule has 3 nitrogen and oxygen atoms in total. The molecule has 0 amide bonds. The van der Waals surface area contributed by atoms with E-state index in [1.165, 1.54) is 0 Å². The number of hydrogen-bond donors (Lipinski definition) is 2. The van der Waals surface area contributed by atoms with Gasteiger partial charge >= 0.3 is 0 Å². The molecule has 23 heavy (non-hydrogen) atoms. The van der Waals surface area contributed by atoms with E-state index in [9.17, 15) is 5.11 Å². The van der Waals surface area contributed by atoms with Crippen LogP contribution in [0.25, 0.3) is 0 Å². The Kier molecular flexibility index (Phi) is 5.30. The van der Waals surface area contributed by atoms with Crippen molar-refractivity contribution in [3.8, 4) is 5.75 Å². The molecule has 3 unspecified atom stereocenters. The first kappa shape index (κ1) is 16.8. The molecule has 1 aromatic carbocycles. The van der Waals surface area contributed by atoms with Crippen LogP contribution in [0, 0.1) is 11.8 Å². The number of halogens is 1. The number of allylic oxidation sites excluding steroid dienone is 2. The Bertz CT molecular complexity index is 574. The number of hydrogen-bond acceptors (Lipinski definition) is 3. The van der Waals surface area contributed by atoms with Gasteiger partial charge in [-0.3, -0.25) is 0 Å². The van der Waals surface area contributed by atoms with Gasteiger partial charge in [0.2, 0.25) is 0 Å². The molecule has 1 aliphatic carbocycles. The van der Waals surface area contributed by atoms with Gasteiger partial charge in [-0.05, 0) is 69.0 Å². The minimum atomic E-state index is -0.883. The molecular weight excluding hydrogens is 310 g/mol. The summed E-state index contributed by atoms with van der Waals surface area (Å²) in [6.07, 6.45) is 10.1. The third kappa shape index (κ3) is 3.42. The Morgan fingerprint density at radius 2 is 2.17 bits per heavy atom. The summed E-state index contributed by atoms with van der Waals surface area (Å²) in [4.78, 5) is 0. The lowest BCUT2D eigenvalue weighted by Crippen LogP contribution is -2.40. The van der Waals surface area contributed by atoms with Gasteiger partial charge in [0, 0.05) is 10.6 Å². The maximum absolute atomic E-state index is 11.7. The quantitative estimate of drug-likeness (QED) is 0.817. The average Bonchev–Trinajstić information content (AvgIpc) is 2.70. The van der Waals surface area contributed by atoms with E-state index in [4.69, 9.17) is 22.1 Å². The number of nitrogens with two attached hydrogens (primary N) is 1. The minimum absolute atomic E-state index is 0.196. The molecule has 3 N–H and O–H groups in total. The summed E-state index contributed by atoms with van der Waals surface area (Å²) in [5, 5.41) is 12.4. The highest BCUT2D eigenvalue weighted by atomic mass is 35.5. The van der Waals surface area contributed by atoms with E-state index in [1.54, 1.807) is 0 Å². The molecule has 0 radical (unpaired) electrons. The van der Waals surface area contributed by atoms with Gasteiger partial charge in [0.15, 0.2) is 0 Å². The highest BCUT2D eigenvalue weighted by Gasteiger charge is 2.45. The summed E-state index contributed by atoms with van der Waals surface area (Å²) in [5.41, 5.74) is 5.74. The van der Waals surface area contributed by atoms with Gasteiger partial charge in [-0.25, -0.2) is 0 Å². The monoisotopic (exact) mass is 335 g/mol. The lowest BCUT2D eigenvalue weighted by atomic mass is 9.67. The van der Waals surface area contributed by atoms with E-state index >= 15 is 0 Å². The Hall–Kier alpha value is -1.03. The maximum Gasteiger partial charge on any atom is 0.126 e. The van der Waals surface area contributed by atoms with Crippen LogP contribution < -0.4 is 10.5 Å². The zero-order chi connectivity index (χ0) is 16.3. The SMILES string of the molecule is NCCCC1(O)c2ccc(Cl)cc2OCCC1C1CC=CCC1. The highest BCUT2D eigenvalue weighted by Crippen LogP contribution is 2.48. The fourth-order valence-corrected chi connectivity index (χ4v) is 4.37. The van der Waals surface area contributed by atoms with Crippen LogP contribution in [0.2, 0.25) is 5.02 Å². The largest absolute Gasteiger partial charge is 0.493 e. The number of fused-ring (bicyclic) bond motifs is 1. The molecule has 1 aliphatic heterocycles. The van der Waals surface area contributed by atoms with Crippen molar-refractivity contribution in [2.24, 2.45) is 17.6 Å². The van der Waals surface area contributed by atoms with E-state index < -0.39 is 5.60 Å². The Balaban J connectivity index is 2.00. The topological polar surface area (TPSA) is 55.5 Å². The van der Waals surface area contributed by atoms with Crippen molar-refractivity contribution in [1.82, 2.24) is 0 Å². The third-order valence-corrected chi connectivity index (χ3v) is 5.59. The highest BCUT2D eigenvalue weighted by molar-refractivity contribution is 6.30. The molecule has 126 valence electrons. The smallest absolute Gasteiger partial charge is 0.126 e. The zero-order valence-corrected chi connectivity index (χ0v) is 14.3. The molecule has 3 rings (SSSR count). The lowest BCUT2D eigenvalue weighted by molar-refractivity contribution is -0.0597. The van der Waals surface area contributed by atoms with E-state index in [2.05, 4.69) is 12.2 Å². The molecule has 0 saturated carbocycles. The second kappa shape index (κ2) is 7.25. The number of aliphatic hydroxyl groups is 1. The Morgan fingerprint density at radius 1 is 1.30 bits per heavy atom. The van der Waals surface area contributed by atoms with Crippen LogP contribution in [-0.2, 0) is 5.60 Å². The van der Waals surface area contributed by atoms with Crippen LogP contribution in [0.5, 0.6) is 5.75 Å². The van der Waals surface area contributed by atoms with Gasteiger partial charge in [-0.2, -0.15) is 0 Å². The standard InChI is InChI=1S/C19H26ClNO2/c20-15-7-8-17-18(13-15)23-12-9-16(14-5-2-1-3-6-14)19(17,22)10-4-11-21/h1-2,7-8,13-14,16,22H,3-6,9-12,21H2. The van der Waals surface area contributed by atoms with Gasteiger partial charge in [-0.1, -0.05) is 29.8 Å². The van der Waals surface area contributed by atoms with Crippen molar-refractivity contribution in [3.63, 3.8) is 0 Å². The Labute approximate surface area is 143 Å². The first-order chi connectivity index (χ1) is 11.1. The second-order valence-electron chi connectivity index (χ2n) is 6.75. The van der Waals surface area contributed by atoms with Gasteiger partial charge < -0.3 is 15.6 Å². The van der Waals surface area contributed by atoms with Crippen LogP contribution in [0.15, 0.2) is 30.4 Å². The van der Waals surface area contributed by atoms with Crippen LogP contribution in [-0.4, -0.2) is 18.3 Å². The maximum atomic E-state index is 11.7. The number of benzene rings is 1. The summed E-state index contributed by atoms with van der Waals surface area (Å²) in [7, 11) is 0. The third-order valence-electron chi connectivity index (χ3n) is 5.35. The summed E-state index contributed by atoms with van der Waals surface area (Å²) in [5.74, 6) is 1.42. The lowest BCUT2D eigenvalue weighted by Gasteiger charge is -2.40. The predicted molar refractivity (Wildman–Crippen MR) is 93.7 cm³/mol. The Morgan fingerprint density at radius 3 is 2.91 bits per heavy atom. The van der Waals surface area contributed by atoms with E-state index in [1.807, 2.05) is 18.2 Å². The van der Waals surface area contributed by atoms with Crippen molar-refractivity contribution in [3.05, 3.63) is 40.9 Å². The zero-order valence-electron chi connectivity index (χ0n) is 13.5. The number of rotatable bonds is 4. The summed E-state index contributed by atoms with van der Waals surface area (Å²) in [6.45, 7) is 1.21. The summed E-state index contributed by atoms with van der Waals surface area (Å²) in [6, 6.07) is 5.61. The fraction of sp³-hybridized carbons (Fsp3) is 0.579. The average molecular weight is 336 g/mol. The van der Waals surface area contributed by atoms with E-state index in [-0.39, 0.29) is 5.92 Å². The van der Waals surface area contributed by atoms with Gasteiger partial charge in [0.25, 0.3) is 0 Å². The van der Waals surface area contributed by atoms with Crippen molar-refractivity contribution < 1.29 is 9.84 Å². The van der Waals surface area contributed by atoms with E-state index in [0.29, 0.717) is 30.5 Å². The molecule has 0 bridgehead atoms. The molecule has 4 heteroatoms. The first-order valence-corrected chi connectivity index (χ1v) is 9.03. The molecule has 0 fully saturated rings. The van der Waals surface area contributed by atoms with Crippen molar-refractivity contribution in [2.75, 3.05) is 13.2 Å². The molecule has 0 aromatic heterocycles. The molecule has 0 spiro atoms. The minimum Gasteiger partial charge on any atom is -0.493 e. The molecule has 1 aromatic rings. The van der Waals surface area contributed by atoms with Gasteiger partial charge in [0.05, 0.1) is 12.2 Å². The van der Waals surface area contributed by atoms with Crippen molar-refractivity contribution >= 4 is 11.6 Å². The van der Waals surface area contributed by atoms with Crippen molar-refractivity contribution in [2.45, 2.75) is 44.1 Å². The number of ether oxygens (including phenoxy) is 1. The van der Waals surface area contributed by atoms with Crippen LogP contribution in [0.3, 0.4) is 0 Å². The molecule has 2 aliphatic rings. The van der Waals surface area contributed by atoms with Crippen LogP contribution in [0.4, 0.5) is 0 Å². The van der Waals surface area contributed by atoms with Crippen LogP contribution in [0.1, 0.15) is 44.1 Å².